The highest BCUT2D eigenvalue weighted by atomic mass is 32.1. The van der Waals surface area contributed by atoms with Crippen molar-refractivity contribution in [2.24, 2.45) is 0 Å². The minimum atomic E-state index is -4.76. The highest BCUT2D eigenvalue weighted by Gasteiger charge is 2.31. The quantitative estimate of drug-likeness (QED) is 0.173. The van der Waals surface area contributed by atoms with Crippen molar-refractivity contribution in [3.8, 4) is 17.0 Å². The minimum absolute atomic E-state index is 0.0425. The first-order chi connectivity index (χ1) is 20.0. The summed E-state index contributed by atoms with van der Waals surface area (Å²) in [5, 5.41) is 13.9. The van der Waals surface area contributed by atoms with E-state index < -0.39 is 12.3 Å². The zero-order valence-electron chi connectivity index (χ0n) is 23.0. The fourth-order valence-electron chi connectivity index (χ4n) is 4.17. The standard InChI is InChI=1S/C31H30F3N3O4S/c1-3-20(2)22-8-12-25(13-9-22)37(18-21-4-6-24(7-5-21)29(40)35-17-16-28(38)39)30-36-27(19-42-30)23-10-14-26(15-11-23)41-31(32,33)34/h4-15,19-20H,3,16-18H2,1-2H3,(H,35,40)(H,38,39). The molecule has 2 N–H and O–H groups in total. The van der Waals surface area contributed by atoms with Crippen molar-refractivity contribution in [3.05, 3.63) is 94.9 Å². The van der Waals surface area contributed by atoms with Gasteiger partial charge >= 0.3 is 12.3 Å². The molecule has 0 saturated carbocycles. The number of nitrogens with one attached hydrogen (secondary N) is 1. The second kappa shape index (κ2) is 13.5. The fraction of sp³-hybridized carbons (Fsp3) is 0.258. The first kappa shape index (κ1) is 30.6. The molecule has 42 heavy (non-hydrogen) atoms. The van der Waals surface area contributed by atoms with Crippen molar-refractivity contribution in [2.75, 3.05) is 11.4 Å². The number of thiazole rings is 1. The molecule has 1 aromatic heterocycles. The lowest BCUT2D eigenvalue weighted by molar-refractivity contribution is -0.274. The molecule has 0 aliphatic rings. The number of amides is 1. The molecule has 7 nitrogen and oxygen atoms in total. The topological polar surface area (TPSA) is 91.8 Å². The molecule has 4 aromatic rings. The van der Waals surface area contributed by atoms with Gasteiger partial charge in [0.05, 0.1) is 18.7 Å². The van der Waals surface area contributed by atoms with Gasteiger partial charge in [-0.2, -0.15) is 0 Å². The number of carbonyl (C=O) groups excluding carboxylic acids is 1. The van der Waals surface area contributed by atoms with Crippen LogP contribution in [-0.2, 0) is 11.3 Å². The summed E-state index contributed by atoms with van der Waals surface area (Å²) in [6, 6.07) is 20.9. The molecule has 0 aliphatic heterocycles. The normalized spacial score (nSPS) is 12.0. The third-order valence-corrected chi connectivity index (χ3v) is 7.54. The number of hydrogen-bond donors (Lipinski definition) is 2. The average molecular weight is 598 g/mol. The molecule has 11 heteroatoms. The number of carboxylic acid groups (broad SMARTS) is 1. The van der Waals surface area contributed by atoms with E-state index in [1.165, 1.54) is 41.2 Å². The number of alkyl halides is 3. The molecule has 0 bridgehead atoms. The summed E-state index contributed by atoms with van der Waals surface area (Å²) in [5.41, 5.74) is 4.73. The van der Waals surface area contributed by atoms with Crippen LogP contribution >= 0.6 is 11.3 Å². The average Bonchev–Trinajstić information content (AvgIpc) is 3.45. The Balaban J connectivity index is 1.57. The second-order valence-corrected chi connectivity index (χ2v) is 10.5. The number of hydrogen-bond acceptors (Lipinski definition) is 6. The van der Waals surface area contributed by atoms with E-state index in [1.807, 2.05) is 34.5 Å². The Morgan fingerprint density at radius 1 is 1.02 bits per heavy atom. The van der Waals surface area contributed by atoms with Gasteiger partial charge in [0, 0.05) is 28.7 Å². The Morgan fingerprint density at radius 3 is 2.29 bits per heavy atom. The molecule has 1 heterocycles. The van der Waals surface area contributed by atoms with Gasteiger partial charge in [-0.15, -0.1) is 24.5 Å². The Morgan fingerprint density at radius 2 is 1.69 bits per heavy atom. The van der Waals surface area contributed by atoms with Gasteiger partial charge < -0.3 is 20.1 Å². The number of aliphatic carboxylic acids is 1. The van der Waals surface area contributed by atoms with E-state index in [-0.39, 0.29) is 24.6 Å². The van der Waals surface area contributed by atoms with Crippen molar-refractivity contribution in [3.63, 3.8) is 0 Å². The van der Waals surface area contributed by atoms with Gasteiger partial charge in [0.25, 0.3) is 5.91 Å². The fourth-order valence-corrected chi connectivity index (χ4v) is 5.02. The highest BCUT2D eigenvalue weighted by molar-refractivity contribution is 7.14. The molecular weight excluding hydrogens is 567 g/mol. The Kier molecular flexibility index (Phi) is 9.84. The molecule has 0 fully saturated rings. The van der Waals surface area contributed by atoms with Crippen LogP contribution in [-0.4, -0.2) is 34.9 Å². The van der Waals surface area contributed by atoms with Crippen LogP contribution in [0.1, 0.15) is 54.1 Å². The predicted molar refractivity (Wildman–Crippen MR) is 156 cm³/mol. The van der Waals surface area contributed by atoms with Crippen molar-refractivity contribution < 1.29 is 32.6 Å². The molecular formula is C31H30F3N3O4S. The molecule has 220 valence electrons. The van der Waals surface area contributed by atoms with Crippen LogP contribution in [0.3, 0.4) is 0 Å². The number of ether oxygens (including phenoxy) is 1. The number of aromatic nitrogens is 1. The Bertz CT molecular complexity index is 1490. The van der Waals surface area contributed by atoms with Gasteiger partial charge in [0.2, 0.25) is 0 Å². The van der Waals surface area contributed by atoms with Crippen LogP contribution in [0, 0.1) is 0 Å². The van der Waals surface area contributed by atoms with E-state index in [0.29, 0.717) is 34.4 Å². The summed E-state index contributed by atoms with van der Waals surface area (Å²) < 4.78 is 41.6. The summed E-state index contributed by atoms with van der Waals surface area (Å²) >= 11 is 1.41. The molecule has 0 aliphatic carbocycles. The van der Waals surface area contributed by atoms with E-state index in [0.717, 1.165) is 17.7 Å². The Hall–Kier alpha value is -4.38. The molecule has 0 spiro atoms. The maximum absolute atomic E-state index is 12.5. The summed E-state index contributed by atoms with van der Waals surface area (Å²) in [7, 11) is 0. The number of rotatable bonds is 12. The number of carboxylic acids is 1. The van der Waals surface area contributed by atoms with E-state index in [1.54, 1.807) is 12.1 Å². The van der Waals surface area contributed by atoms with E-state index in [2.05, 4.69) is 36.0 Å². The van der Waals surface area contributed by atoms with Crippen LogP contribution < -0.4 is 15.0 Å². The van der Waals surface area contributed by atoms with E-state index in [4.69, 9.17) is 10.1 Å². The van der Waals surface area contributed by atoms with Crippen LogP contribution in [0.2, 0.25) is 0 Å². The van der Waals surface area contributed by atoms with Crippen LogP contribution in [0.5, 0.6) is 5.75 Å². The smallest absolute Gasteiger partial charge is 0.481 e. The first-order valence-corrected chi connectivity index (χ1v) is 14.2. The summed E-state index contributed by atoms with van der Waals surface area (Å²) in [6.45, 7) is 4.79. The number of nitrogens with zero attached hydrogens (tertiary/aromatic N) is 2. The van der Waals surface area contributed by atoms with Crippen LogP contribution in [0.4, 0.5) is 24.0 Å². The van der Waals surface area contributed by atoms with Crippen molar-refractivity contribution in [1.82, 2.24) is 10.3 Å². The van der Waals surface area contributed by atoms with Gasteiger partial charge in [0.1, 0.15) is 5.75 Å². The second-order valence-electron chi connectivity index (χ2n) is 9.67. The van der Waals surface area contributed by atoms with E-state index in [9.17, 15) is 22.8 Å². The van der Waals surface area contributed by atoms with E-state index >= 15 is 0 Å². The highest BCUT2D eigenvalue weighted by Crippen LogP contribution is 2.35. The van der Waals surface area contributed by atoms with Gasteiger partial charge in [-0.3, -0.25) is 9.59 Å². The van der Waals surface area contributed by atoms with Crippen molar-refractivity contribution in [1.29, 1.82) is 0 Å². The van der Waals surface area contributed by atoms with Gasteiger partial charge in [-0.1, -0.05) is 38.1 Å². The lowest BCUT2D eigenvalue weighted by Gasteiger charge is -2.23. The lowest BCUT2D eigenvalue weighted by atomic mass is 9.98. The Labute approximate surface area is 245 Å². The number of benzene rings is 3. The minimum Gasteiger partial charge on any atom is -0.481 e. The zero-order valence-corrected chi connectivity index (χ0v) is 23.8. The van der Waals surface area contributed by atoms with Gasteiger partial charge in [-0.05, 0) is 72.0 Å². The predicted octanol–water partition coefficient (Wildman–Crippen LogP) is 7.77. The summed E-state index contributed by atoms with van der Waals surface area (Å²) in [5.74, 6) is -1.22. The molecule has 0 saturated heterocycles. The van der Waals surface area contributed by atoms with Crippen LogP contribution in [0.25, 0.3) is 11.3 Å². The van der Waals surface area contributed by atoms with Gasteiger partial charge in [-0.25, -0.2) is 4.98 Å². The van der Waals surface area contributed by atoms with Gasteiger partial charge in [0.15, 0.2) is 5.13 Å². The van der Waals surface area contributed by atoms with Crippen molar-refractivity contribution >= 4 is 34.0 Å². The zero-order chi connectivity index (χ0) is 30.3. The summed E-state index contributed by atoms with van der Waals surface area (Å²) in [4.78, 5) is 29.9. The maximum atomic E-state index is 12.5. The molecule has 1 atom stereocenters. The SMILES string of the molecule is CCC(C)c1ccc(N(Cc2ccc(C(=O)NCCC(=O)O)cc2)c2nc(-c3ccc(OC(F)(F)F)cc3)cs2)cc1. The number of carbonyl (C=O) groups is 2. The number of halogens is 3. The lowest BCUT2D eigenvalue weighted by Crippen LogP contribution is -2.26. The van der Waals surface area contributed by atoms with Crippen molar-refractivity contribution in [2.45, 2.75) is 45.5 Å². The summed E-state index contributed by atoms with van der Waals surface area (Å²) in [6.07, 6.45) is -3.90. The first-order valence-electron chi connectivity index (χ1n) is 13.3. The largest absolute Gasteiger partial charge is 0.573 e. The molecule has 1 amide bonds. The molecule has 1 unspecified atom stereocenters. The monoisotopic (exact) mass is 597 g/mol. The van der Waals surface area contributed by atoms with Crippen LogP contribution in [0.15, 0.2) is 78.2 Å². The molecule has 0 radical (unpaired) electrons. The third-order valence-electron chi connectivity index (χ3n) is 6.67. The number of anilines is 2. The molecule has 3 aromatic carbocycles. The molecule has 4 rings (SSSR count). The third kappa shape index (κ3) is 8.32. The maximum Gasteiger partial charge on any atom is 0.573 e.